The normalized spacial score (nSPS) is 11.0. The molecule has 1 amide bonds. The van der Waals surface area contributed by atoms with Crippen molar-refractivity contribution >= 4 is 40.2 Å². The van der Waals surface area contributed by atoms with Gasteiger partial charge in [-0.15, -0.1) is 0 Å². The molecule has 0 aliphatic rings. The van der Waals surface area contributed by atoms with Crippen LogP contribution in [0.4, 0.5) is 11.5 Å². The number of carbonyl (C=O) groups excluding carboxylic acids is 1. The Morgan fingerprint density at radius 2 is 2.09 bits per heavy atom. The second-order valence-electron chi connectivity index (χ2n) is 6.98. The van der Waals surface area contributed by atoms with Crippen molar-refractivity contribution in [1.82, 2.24) is 25.1 Å². The predicted octanol–water partition coefficient (Wildman–Crippen LogP) is 3.03. The lowest BCUT2D eigenvalue weighted by Gasteiger charge is -2.10. The standard InChI is InChI=1S/C21H27N7O4S/c1-4-32-12-10-22-18-16-13-24-27(19(16)26-21(25-18)33-5-2)11-9-23-20(29)15-7-6-8-17(14(15)3)28(30)31/h6-8,13H,4-5,9-12H2,1-3H3,(H,23,29)(H,22,25,26). The number of ether oxygens (including phenoxy) is 1. The molecule has 2 aromatic heterocycles. The molecule has 1 aromatic carbocycles. The summed E-state index contributed by atoms with van der Waals surface area (Å²) in [4.78, 5) is 32.4. The Bertz CT molecular complexity index is 1140. The van der Waals surface area contributed by atoms with Crippen molar-refractivity contribution in [2.75, 3.05) is 37.4 Å². The van der Waals surface area contributed by atoms with Crippen LogP contribution in [0.25, 0.3) is 11.0 Å². The van der Waals surface area contributed by atoms with Crippen molar-refractivity contribution in [3.8, 4) is 0 Å². The number of carbonyl (C=O) groups is 1. The third-order valence-corrected chi connectivity index (χ3v) is 5.58. The number of nitro groups is 1. The first kappa shape index (κ1) is 24.4. The molecule has 0 spiro atoms. The van der Waals surface area contributed by atoms with Crippen LogP contribution in [0.15, 0.2) is 29.6 Å². The predicted molar refractivity (Wildman–Crippen MR) is 127 cm³/mol. The summed E-state index contributed by atoms with van der Waals surface area (Å²) in [6.45, 7) is 8.04. The largest absolute Gasteiger partial charge is 0.380 e. The molecule has 0 fully saturated rings. The van der Waals surface area contributed by atoms with E-state index >= 15 is 0 Å². The maximum atomic E-state index is 12.6. The molecule has 0 saturated heterocycles. The van der Waals surface area contributed by atoms with E-state index < -0.39 is 4.92 Å². The van der Waals surface area contributed by atoms with Crippen molar-refractivity contribution in [2.45, 2.75) is 32.5 Å². The zero-order valence-corrected chi connectivity index (χ0v) is 19.6. The Morgan fingerprint density at radius 1 is 1.27 bits per heavy atom. The van der Waals surface area contributed by atoms with Gasteiger partial charge >= 0.3 is 0 Å². The van der Waals surface area contributed by atoms with Gasteiger partial charge in [0, 0.05) is 36.9 Å². The highest BCUT2D eigenvalue weighted by Gasteiger charge is 2.18. The minimum absolute atomic E-state index is 0.0808. The molecule has 3 aromatic rings. The number of nitrogens with zero attached hydrogens (tertiary/aromatic N) is 5. The summed E-state index contributed by atoms with van der Waals surface area (Å²) < 4.78 is 7.09. The molecule has 176 valence electrons. The molecular formula is C21H27N7O4S. The Labute approximate surface area is 195 Å². The number of thioether (sulfide) groups is 1. The molecule has 12 heteroatoms. The van der Waals surface area contributed by atoms with Crippen molar-refractivity contribution in [3.05, 3.63) is 45.6 Å². The highest BCUT2D eigenvalue weighted by molar-refractivity contribution is 7.99. The maximum absolute atomic E-state index is 12.6. The molecule has 0 atom stereocenters. The average molecular weight is 474 g/mol. The highest BCUT2D eigenvalue weighted by atomic mass is 32.2. The minimum atomic E-state index is -0.492. The molecule has 2 N–H and O–H groups in total. The van der Waals surface area contributed by atoms with E-state index in [0.717, 1.165) is 11.1 Å². The zero-order valence-electron chi connectivity index (χ0n) is 18.8. The van der Waals surface area contributed by atoms with Crippen LogP contribution < -0.4 is 10.6 Å². The van der Waals surface area contributed by atoms with E-state index in [4.69, 9.17) is 4.74 Å². The number of nitrogens with one attached hydrogen (secondary N) is 2. The molecule has 0 aliphatic carbocycles. The first-order valence-corrected chi connectivity index (χ1v) is 11.6. The van der Waals surface area contributed by atoms with Gasteiger partial charge in [-0.1, -0.05) is 24.8 Å². The van der Waals surface area contributed by atoms with Crippen LogP contribution in [0, 0.1) is 17.0 Å². The summed E-state index contributed by atoms with van der Waals surface area (Å²) in [5.74, 6) is 1.15. The van der Waals surface area contributed by atoms with Crippen molar-refractivity contribution in [1.29, 1.82) is 0 Å². The van der Waals surface area contributed by atoms with Crippen LogP contribution in [-0.4, -0.2) is 62.6 Å². The lowest BCUT2D eigenvalue weighted by atomic mass is 10.1. The van der Waals surface area contributed by atoms with Gasteiger partial charge in [-0.05, 0) is 25.7 Å². The van der Waals surface area contributed by atoms with Gasteiger partial charge in [-0.25, -0.2) is 14.6 Å². The molecule has 0 bridgehead atoms. The van der Waals surface area contributed by atoms with Crippen LogP contribution in [0.2, 0.25) is 0 Å². The van der Waals surface area contributed by atoms with Crippen LogP contribution in [0.5, 0.6) is 0 Å². The first-order valence-electron chi connectivity index (χ1n) is 10.7. The van der Waals surface area contributed by atoms with Gasteiger partial charge in [0.25, 0.3) is 11.6 Å². The number of anilines is 1. The van der Waals surface area contributed by atoms with E-state index in [1.165, 1.54) is 23.9 Å². The van der Waals surface area contributed by atoms with E-state index in [1.807, 2.05) is 13.8 Å². The third kappa shape index (κ3) is 5.96. The molecule has 0 aliphatic heterocycles. The van der Waals surface area contributed by atoms with Gasteiger partial charge in [0.2, 0.25) is 0 Å². The summed E-state index contributed by atoms with van der Waals surface area (Å²) in [5.41, 5.74) is 1.20. The topological polar surface area (TPSA) is 137 Å². The van der Waals surface area contributed by atoms with Crippen molar-refractivity contribution in [2.24, 2.45) is 0 Å². The molecular weight excluding hydrogens is 446 g/mol. The molecule has 2 heterocycles. The Kier molecular flexibility index (Phi) is 8.55. The van der Waals surface area contributed by atoms with Crippen molar-refractivity contribution in [3.63, 3.8) is 0 Å². The third-order valence-electron chi connectivity index (χ3n) is 4.85. The van der Waals surface area contributed by atoms with E-state index in [9.17, 15) is 14.9 Å². The molecule has 0 radical (unpaired) electrons. The highest BCUT2D eigenvalue weighted by Crippen LogP contribution is 2.24. The Balaban J connectivity index is 1.73. The van der Waals surface area contributed by atoms with Gasteiger partial charge in [0.05, 0.1) is 29.7 Å². The monoisotopic (exact) mass is 473 g/mol. The molecule has 0 unspecified atom stereocenters. The quantitative estimate of drug-likeness (QED) is 0.134. The number of hydrogen-bond donors (Lipinski definition) is 2. The van der Waals surface area contributed by atoms with Crippen molar-refractivity contribution < 1.29 is 14.5 Å². The van der Waals surface area contributed by atoms with Crippen LogP contribution in [0.1, 0.15) is 29.8 Å². The minimum Gasteiger partial charge on any atom is -0.380 e. The van der Waals surface area contributed by atoms with Gasteiger partial charge in [0.1, 0.15) is 5.82 Å². The number of hydrogen-bond acceptors (Lipinski definition) is 9. The summed E-state index contributed by atoms with van der Waals surface area (Å²) in [6, 6.07) is 4.46. The maximum Gasteiger partial charge on any atom is 0.273 e. The van der Waals surface area contributed by atoms with Gasteiger partial charge in [0.15, 0.2) is 10.8 Å². The Morgan fingerprint density at radius 3 is 2.82 bits per heavy atom. The number of rotatable bonds is 12. The van der Waals surface area contributed by atoms with Crippen LogP contribution in [-0.2, 0) is 11.3 Å². The van der Waals surface area contributed by atoms with Gasteiger partial charge in [-0.2, -0.15) is 5.10 Å². The molecule has 11 nitrogen and oxygen atoms in total. The smallest absolute Gasteiger partial charge is 0.273 e. The number of aromatic nitrogens is 4. The second kappa shape index (κ2) is 11.6. The summed E-state index contributed by atoms with van der Waals surface area (Å²) in [7, 11) is 0. The van der Waals surface area contributed by atoms with E-state index in [-0.39, 0.29) is 23.7 Å². The molecule has 3 rings (SSSR count). The van der Waals surface area contributed by atoms with E-state index in [0.29, 0.717) is 48.5 Å². The fourth-order valence-corrected chi connectivity index (χ4v) is 3.82. The number of benzene rings is 1. The van der Waals surface area contributed by atoms with Crippen LogP contribution >= 0.6 is 11.8 Å². The fourth-order valence-electron chi connectivity index (χ4n) is 3.25. The molecule has 0 saturated carbocycles. The van der Waals surface area contributed by atoms with E-state index in [1.54, 1.807) is 23.9 Å². The first-order chi connectivity index (χ1) is 16.0. The zero-order chi connectivity index (χ0) is 23.8. The summed E-state index contributed by atoms with van der Waals surface area (Å²) in [5, 5.41) is 23.1. The summed E-state index contributed by atoms with van der Waals surface area (Å²) >= 11 is 1.53. The fraction of sp³-hybridized carbons (Fsp3) is 0.429. The lowest BCUT2D eigenvalue weighted by molar-refractivity contribution is -0.385. The number of amides is 1. The second-order valence-corrected chi connectivity index (χ2v) is 8.21. The lowest BCUT2D eigenvalue weighted by Crippen LogP contribution is -2.28. The SMILES string of the molecule is CCOCCNc1nc(SCC)nc2c1cnn2CCNC(=O)c1cccc([N+](=O)[O-])c1C. The Hall–Kier alpha value is -3.25. The van der Waals surface area contributed by atoms with E-state index in [2.05, 4.69) is 25.7 Å². The molecule has 33 heavy (non-hydrogen) atoms. The number of nitro benzene ring substituents is 1. The van der Waals surface area contributed by atoms with Gasteiger partial charge < -0.3 is 15.4 Å². The van der Waals surface area contributed by atoms with Gasteiger partial charge in [-0.3, -0.25) is 14.9 Å². The average Bonchev–Trinajstić information content (AvgIpc) is 3.19. The summed E-state index contributed by atoms with van der Waals surface area (Å²) in [6.07, 6.45) is 1.70. The van der Waals surface area contributed by atoms with Crippen LogP contribution in [0.3, 0.4) is 0 Å². The number of fused-ring (bicyclic) bond motifs is 1.